The van der Waals surface area contributed by atoms with Crippen molar-refractivity contribution in [3.63, 3.8) is 0 Å². The maximum atomic E-state index is 8.68. The Bertz CT molecular complexity index is 300. The lowest BCUT2D eigenvalue weighted by Gasteiger charge is -2.03. The first-order valence-electron chi connectivity index (χ1n) is 8.16. The van der Waals surface area contributed by atoms with E-state index in [4.69, 9.17) is 5.11 Å². The molecule has 0 fully saturated rings. The van der Waals surface area contributed by atoms with Crippen LogP contribution in [0, 0.1) is 0 Å². The molecule has 0 saturated carbocycles. The van der Waals surface area contributed by atoms with Gasteiger partial charge in [-0.25, -0.2) is 0 Å². The van der Waals surface area contributed by atoms with Crippen molar-refractivity contribution in [2.24, 2.45) is 0 Å². The number of aliphatic hydroxyl groups excluding tert-OH is 1. The van der Waals surface area contributed by atoms with Crippen molar-refractivity contribution in [3.8, 4) is 0 Å². The van der Waals surface area contributed by atoms with Crippen LogP contribution in [0.15, 0.2) is 30.3 Å². The largest absolute Gasteiger partial charge is 0.396 e. The predicted molar refractivity (Wildman–Crippen MR) is 91.2 cm³/mol. The van der Waals surface area contributed by atoms with E-state index in [0.29, 0.717) is 6.61 Å². The Hall–Kier alpha value is -0.470. The quantitative estimate of drug-likeness (QED) is 0.490. The highest BCUT2D eigenvalue weighted by molar-refractivity contribution is 7.98. The molecule has 114 valence electrons. The van der Waals surface area contributed by atoms with Gasteiger partial charge in [-0.3, -0.25) is 0 Å². The molecule has 0 saturated heterocycles. The molecule has 1 rings (SSSR count). The Morgan fingerprint density at radius 1 is 0.700 bits per heavy atom. The molecule has 0 aliphatic carbocycles. The predicted octanol–water partition coefficient (Wildman–Crippen LogP) is 5.42. The zero-order valence-corrected chi connectivity index (χ0v) is 13.5. The van der Waals surface area contributed by atoms with E-state index in [-0.39, 0.29) is 0 Å². The Balaban J connectivity index is 1.77. The van der Waals surface area contributed by atoms with Gasteiger partial charge >= 0.3 is 0 Å². The first-order chi connectivity index (χ1) is 9.93. The minimum absolute atomic E-state index is 0.362. The number of aliphatic hydroxyl groups is 1. The first kappa shape index (κ1) is 17.6. The minimum Gasteiger partial charge on any atom is -0.396 e. The molecule has 1 aromatic rings. The summed E-state index contributed by atoms with van der Waals surface area (Å²) in [4.78, 5) is 0. The van der Waals surface area contributed by atoms with Crippen LogP contribution in [0.25, 0.3) is 0 Å². The molecular formula is C18H30OS. The van der Waals surface area contributed by atoms with Gasteiger partial charge in [0.05, 0.1) is 0 Å². The van der Waals surface area contributed by atoms with E-state index in [1.165, 1.54) is 62.7 Å². The molecule has 0 aliphatic rings. The summed E-state index contributed by atoms with van der Waals surface area (Å²) in [6, 6.07) is 10.7. The summed E-state index contributed by atoms with van der Waals surface area (Å²) >= 11 is 2.06. The maximum Gasteiger partial charge on any atom is 0.0431 e. The average Bonchev–Trinajstić information content (AvgIpc) is 2.49. The fourth-order valence-corrected chi connectivity index (χ4v) is 3.30. The summed E-state index contributed by atoms with van der Waals surface area (Å²) in [5, 5.41) is 8.68. The lowest BCUT2D eigenvalue weighted by Crippen LogP contribution is -1.86. The SMILES string of the molecule is OCCCCCCCCCCCSCc1ccccc1. The molecule has 0 aromatic heterocycles. The van der Waals surface area contributed by atoms with Gasteiger partial charge in [-0.15, -0.1) is 0 Å². The van der Waals surface area contributed by atoms with Crippen molar-refractivity contribution < 1.29 is 5.11 Å². The smallest absolute Gasteiger partial charge is 0.0431 e. The highest BCUT2D eigenvalue weighted by Crippen LogP contribution is 2.15. The number of benzene rings is 1. The number of hydrogen-bond acceptors (Lipinski definition) is 2. The molecule has 2 heteroatoms. The molecule has 0 atom stereocenters. The van der Waals surface area contributed by atoms with Crippen LogP contribution in [0.4, 0.5) is 0 Å². The summed E-state index contributed by atoms with van der Waals surface area (Å²) in [6.45, 7) is 0.362. The summed E-state index contributed by atoms with van der Waals surface area (Å²) in [5.41, 5.74) is 1.44. The highest BCUT2D eigenvalue weighted by atomic mass is 32.2. The van der Waals surface area contributed by atoms with Crippen LogP contribution in [0.5, 0.6) is 0 Å². The van der Waals surface area contributed by atoms with Crippen molar-refractivity contribution in [2.75, 3.05) is 12.4 Å². The van der Waals surface area contributed by atoms with Gasteiger partial charge in [0.15, 0.2) is 0 Å². The Labute approximate surface area is 129 Å². The fourth-order valence-electron chi connectivity index (χ4n) is 2.32. The summed E-state index contributed by atoms with van der Waals surface area (Å²) in [5.74, 6) is 2.46. The molecule has 1 N–H and O–H groups in total. The van der Waals surface area contributed by atoms with Crippen LogP contribution in [-0.4, -0.2) is 17.5 Å². The van der Waals surface area contributed by atoms with Crippen molar-refractivity contribution in [1.29, 1.82) is 0 Å². The zero-order chi connectivity index (χ0) is 14.3. The van der Waals surface area contributed by atoms with Gasteiger partial charge in [0, 0.05) is 12.4 Å². The molecule has 0 radical (unpaired) electrons. The summed E-state index contributed by atoms with van der Waals surface area (Å²) in [6.07, 6.45) is 11.7. The van der Waals surface area contributed by atoms with Gasteiger partial charge in [0.2, 0.25) is 0 Å². The monoisotopic (exact) mass is 294 g/mol. The lowest BCUT2D eigenvalue weighted by molar-refractivity contribution is 0.282. The third-order valence-electron chi connectivity index (χ3n) is 3.56. The van der Waals surface area contributed by atoms with Gasteiger partial charge in [-0.1, -0.05) is 75.3 Å². The molecule has 0 bridgehead atoms. The molecular weight excluding hydrogens is 264 g/mol. The van der Waals surface area contributed by atoms with Gasteiger partial charge in [0.1, 0.15) is 0 Å². The van der Waals surface area contributed by atoms with Crippen LogP contribution in [0.2, 0.25) is 0 Å². The van der Waals surface area contributed by atoms with E-state index in [2.05, 4.69) is 42.1 Å². The second-order valence-electron chi connectivity index (χ2n) is 5.44. The van der Waals surface area contributed by atoms with Crippen LogP contribution in [0.3, 0.4) is 0 Å². The summed E-state index contributed by atoms with van der Waals surface area (Å²) in [7, 11) is 0. The van der Waals surface area contributed by atoms with E-state index in [9.17, 15) is 0 Å². The molecule has 0 spiro atoms. The number of hydrogen-bond donors (Lipinski definition) is 1. The normalized spacial score (nSPS) is 10.8. The van der Waals surface area contributed by atoms with Gasteiger partial charge in [-0.2, -0.15) is 11.8 Å². The zero-order valence-electron chi connectivity index (χ0n) is 12.7. The Morgan fingerprint density at radius 2 is 1.25 bits per heavy atom. The van der Waals surface area contributed by atoms with Crippen molar-refractivity contribution in [3.05, 3.63) is 35.9 Å². The Morgan fingerprint density at radius 3 is 1.85 bits per heavy atom. The molecule has 0 heterocycles. The van der Waals surface area contributed by atoms with E-state index in [1.54, 1.807) is 0 Å². The van der Waals surface area contributed by atoms with Crippen LogP contribution >= 0.6 is 11.8 Å². The average molecular weight is 295 g/mol. The number of unbranched alkanes of at least 4 members (excludes halogenated alkanes) is 8. The topological polar surface area (TPSA) is 20.2 Å². The minimum atomic E-state index is 0.362. The third-order valence-corrected chi connectivity index (χ3v) is 4.67. The molecule has 1 aromatic carbocycles. The number of rotatable bonds is 13. The highest BCUT2D eigenvalue weighted by Gasteiger charge is 1.94. The third kappa shape index (κ3) is 10.3. The van der Waals surface area contributed by atoms with E-state index < -0.39 is 0 Å². The van der Waals surface area contributed by atoms with Gasteiger partial charge in [-0.05, 0) is 24.2 Å². The maximum absolute atomic E-state index is 8.68. The summed E-state index contributed by atoms with van der Waals surface area (Å²) < 4.78 is 0. The molecule has 1 nitrogen and oxygen atoms in total. The van der Waals surface area contributed by atoms with Gasteiger partial charge in [0.25, 0.3) is 0 Å². The standard InChI is InChI=1S/C18H30OS/c19-15-11-6-4-2-1-3-5-7-12-16-20-17-18-13-9-8-10-14-18/h8-10,13-14,19H,1-7,11-12,15-17H2. The van der Waals surface area contributed by atoms with E-state index in [0.717, 1.165) is 12.2 Å². The van der Waals surface area contributed by atoms with E-state index >= 15 is 0 Å². The molecule has 0 aliphatic heterocycles. The number of thioether (sulfide) groups is 1. The fraction of sp³-hybridized carbons (Fsp3) is 0.667. The second-order valence-corrected chi connectivity index (χ2v) is 6.55. The van der Waals surface area contributed by atoms with Crippen molar-refractivity contribution in [1.82, 2.24) is 0 Å². The molecule has 20 heavy (non-hydrogen) atoms. The van der Waals surface area contributed by atoms with Crippen molar-refractivity contribution >= 4 is 11.8 Å². The Kier molecular flexibility index (Phi) is 11.9. The van der Waals surface area contributed by atoms with Crippen LogP contribution < -0.4 is 0 Å². The van der Waals surface area contributed by atoms with Gasteiger partial charge < -0.3 is 5.11 Å². The van der Waals surface area contributed by atoms with Crippen LogP contribution in [0.1, 0.15) is 63.4 Å². The van der Waals surface area contributed by atoms with Crippen LogP contribution in [-0.2, 0) is 5.75 Å². The van der Waals surface area contributed by atoms with E-state index in [1.807, 2.05) is 0 Å². The molecule has 0 amide bonds. The lowest BCUT2D eigenvalue weighted by atomic mass is 10.1. The molecule has 0 unspecified atom stereocenters. The first-order valence-corrected chi connectivity index (χ1v) is 9.31. The van der Waals surface area contributed by atoms with Crippen molar-refractivity contribution in [2.45, 2.75) is 63.5 Å². The second kappa shape index (κ2) is 13.5.